The van der Waals surface area contributed by atoms with Gasteiger partial charge in [0.05, 0.1) is 5.70 Å². The van der Waals surface area contributed by atoms with E-state index in [-0.39, 0.29) is 0 Å². The first kappa shape index (κ1) is 7.36. The molecule has 0 saturated heterocycles. The largest absolute Gasteiger partial charge is 0.367 e. The summed E-state index contributed by atoms with van der Waals surface area (Å²) in [5.41, 5.74) is 9.69. The summed E-state index contributed by atoms with van der Waals surface area (Å²) in [6.07, 6.45) is 5.20. The van der Waals surface area contributed by atoms with Crippen LogP contribution in [-0.2, 0) is 9.63 Å². The van der Waals surface area contributed by atoms with Crippen LogP contribution >= 0.6 is 0 Å². The summed E-state index contributed by atoms with van der Waals surface area (Å²) in [5, 5.41) is 0. The maximum atomic E-state index is 10.9. The van der Waals surface area contributed by atoms with Gasteiger partial charge < -0.3 is 5.73 Å². The minimum atomic E-state index is -0.565. The first-order valence-corrected chi connectivity index (χ1v) is 3.89. The smallest absolute Gasteiger partial charge is 0.253 e. The van der Waals surface area contributed by atoms with Crippen molar-refractivity contribution >= 4 is 5.91 Å². The zero-order chi connectivity index (χ0) is 8.55. The number of nitrogens with one attached hydrogen (secondary N) is 1. The number of hydrogen-bond acceptors (Lipinski definition) is 3. The van der Waals surface area contributed by atoms with Crippen molar-refractivity contribution in [2.75, 3.05) is 0 Å². The molecule has 0 fully saturated rings. The van der Waals surface area contributed by atoms with Crippen molar-refractivity contribution in [2.45, 2.75) is 18.9 Å². The van der Waals surface area contributed by atoms with E-state index in [1.165, 1.54) is 0 Å². The first-order valence-electron chi connectivity index (χ1n) is 3.89. The third-order valence-electron chi connectivity index (χ3n) is 2.07. The molecule has 0 radical (unpaired) electrons. The highest BCUT2D eigenvalue weighted by Crippen LogP contribution is 2.26. The summed E-state index contributed by atoms with van der Waals surface area (Å²) in [5.74, 6) is -0.428. The van der Waals surface area contributed by atoms with Gasteiger partial charge >= 0.3 is 0 Å². The number of amides is 1. The number of carbonyl (C=O) groups excluding carboxylic acids is 1. The van der Waals surface area contributed by atoms with E-state index in [0.29, 0.717) is 0 Å². The molecule has 12 heavy (non-hydrogen) atoms. The number of hydrogen-bond donors (Lipinski definition) is 2. The van der Waals surface area contributed by atoms with Gasteiger partial charge in [-0.25, -0.2) is 0 Å². The molecule has 1 aliphatic carbocycles. The molecule has 1 unspecified atom stereocenters. The SMILES string of the molecule is NC(=O)C1ONC2=C1CCC=C2. The monoisotopic (exact) mass is 166 g/mol. The molecule has 0 bridgehead atoms. The van der Waals surface area contributed by atoms with Gasteiger partial charge in [-0.1, -0.05) is 6.08 Å². The molecule has 0 aromatic heterocycles. The van der Waals surface area contributed by atoms with E-state index in [1.807, 2.05) is 12.2 Å². The highest BCUT2D eigenvalue weighted by atomic mass is 16.7. The van der Waals surface area contributed by atoms with Gasteiger partial charge in [-0.05, 0) is 24.5 Å². The van der Waals surface area contributed by atoms with Gasteiger partial charge in [0, 0.05) is 0 Å². The average Bonchev–Trinajstić information content (AvgIpc) is 2.47. The predicted octanol–water partition coefficient (Wildman–Crippen LogP) is -0.0208. The molecule has 0 aromatic carbocycles. The normalized spacial score (nSPS) is 26.8. The minimum Gasteiger partial charge on any atom is -0.367 e. The van der Waals surface area contributed by atoms with Crippen molar-refractivity contribution in [1.29, 1.82) is 0 Å². The molecule has 2 rings (SSSR count). The molecule has 1 amide bonds. The number of primary amides is 1. The number of allylic oxidation sites excluding steroid dienone is 2. The molecule has 4 nitrogen and oxygen atoms in total. The molecule has 0 saturated carbocycles. The van der Waals surface area contributed by atoms with Gasteiger partial charge in [0.15, 0.2) is 6.10 Å². The second-order valence-corrected chi connectivity index (χ2v) is 2.88. The van der Waals surface area contributed by atoms with Crippen LogP contribution in [-0.4, -0.2) is 12.0 Å². The van der Waals surface area contributed by atoms with Crippen molar-refractivity contribution < 1.29 is 9.63 Å². The molecule has 64 valence electrons. The van der Waals surface area contributed by atoms with Crippen LogP contribution in [0.1, 0.15) is 12.8 Å². The summed E-state index contributed by atoms with van der Waals surface area (Å²) in [6.45, 7) is 0. The quantitative estimate of drug-likeness (QED) is 0.575. The molecule has 1 aliphatic heterocycles. The molecule has 2 aliphatic rings. The lowest BCUT2D eigenvalue weighted by atomic mass is 9.98. The molecule has 3 N–H and O–H groups in total. The third-order valence-corrected chi connectivity index (χ3v) is 2.07. The number of carbonyl (C=O) groups is 1. The zero-order valence-electron chi connectivity index (χ0n) is 6.54. The van der Waals surface area contributed by atoms with E-state index in [1.54, 1.807) is 0 Å². The van der Waals surface area contributed by atoms with Crippen LogP contribution in [0.3, 0.4) is 0 Å². The van der Waals surface area contributed by atoms with Crippen molar-refractivity contribution in [1.82, 2.24) is 5.48 Å². The van der Waals surface area contributed by atoms with Crippen LogP contribution in [0.15, 0.2) is 23.4 Å². The van der Waals surface area contributed by atoms with Crippen molar-refractivity contribution in [3.05, 3.63) is 23.4 Å². The molecular weight excluding hydrogens is 156 g/mol. The van der Waals surface area contributed by atoms with Gasteiger partial charge in [0.2, 0.25) is 0 Å². The third kappa shape index (κ3) is 1.00. The van der Waals surface area contributed by atoms with E-state index in [4.69, 9.17) is 10.6 Å². The maximum Gasteiger partial charge on any atom is 0.253 e. The lowest BCUT2D eigenvalue weighted by Crippen LogP contribution is -2.31. The molecule has 1 heterocycles. The Bertz CT molecular complexity index is 281. The van der Waals surface area contributed by atoms with Crippen LogP contribution < -0.4 is 11.2 Å². The van der Waals surface area contributed by atoms with Crippen LogP contribution in [0.5, 0.6) is 0 Å². The highest BCUT2D eigenvalue weighted by Gasteiger charge is 2.30. The first-order chi connectivity index (χ1) is 5.79. The Morgan fingerprint density at radius 1 is 1.75 bits per heavy atom. The summed E-state index contributed by atoms with van der Waals surface area (Å²) in [6, 6.07) is 0. The molecule has 4 heteroatoms. The topological polar surface area (TPSA) is 64.4 Å². The summed E-state index contributed by atoms with van der Waals surface area (Å²) in [7, 11) is 0. The molecular formula is C8H10N2O2. The van der Waals surface area contributed by atoms with E-state index >= 15 is 0 Å². The Morgan fingerprint density at radius 2 is 2.58 bits per heavy atom. The van der Waals surface area contributed by atoms with Crippen LogP contribution in [0, 0.1) is 0 Å². The lowest BCUT2D eigenvalue weighted by molar-refractivity contribution is -0.128. The van der Waals surface area contributed by atoms with Crippen molar-refractivity contribution in [3.63, 3.8) is 0 Å². The molecule has 1 atom stereocenters. The van der Waals surface area contributed by atoms with E-state index < -0.39 is 12.0 Å². The number of nitrogens with two attached hydrogens (primary N) is 1. The standard InChI is InChI=1S/C8H10N2O2/c9-8(11)7-5-3-1-2-4-6(5)10-12-7/h2,4,7,10H,1,3H2,(H2,9,11). The number of rotatable bonds is 1. The lowest BCUT2D eigenvalue weighted by Gasteiger charge is -2.09. The zero-order valence-corrected chi connectivity index (χ0v) is 6.54. The van der Waals surface area contributed by atoms with Gasteiger partial charge in [0.1, 0.15) is 0 Å². The Balaban J connectivity index is 2.27. The fourth-order valence-electron chi connectivity index (χ4n) is 1.48. The maximum absolute atomic E-state index is 10.9. The fourth-order valence-corrected chi connectivity index (χ4v) is 1.48. The Hall–Kier alpha value is -1.29. The molecule has 0 spiro atoms. The number of hydroxylamine groups is 1. The predicted molar refractivity (Wildman–Crippen MR) is 42.6 cm³/mol. The second-order valence-electron chi connectivity index (χ2n) is 2.88. The van der Waals surface area contributed by atoms with Gasteiger partial charge in [0.25, 0.3) is 5.91 Å². The van der Waals surface area contributed by atoms with Gasteiger partial charge in [-0.15, -0.1) is 0 Å². The average molecular weight is 166 g/mol. The summed E-state index contributed by atoms with van der Waals surface area (Å²) in [4.78, 5) is 15.9. The Kier molecular flexibility index (Phi) is 1.62. The van der Waals surface area contributed by atoms with Crippen LogP contribution in [0.25, 0.3) is 0 Å². The Morgan fingerprint density at radius 3 is 3.33 bits per heavy atom. The van der Waals surface area contributed by atoms with Gasteiger partial charge in [-0.3, -0.25) is 15.1 Å². The summed E-state index contributed by atoms with van der Waals surface area (Å²) < 4.78 is 0. The van der Waals surface area contributed by atoms with Crippen LogP contribution in [0.2, 0.25) is 0 Å². The van der Waals surface area contributed by atoms with Crippen molar-refractivity contribution in [3.8, 4) is 0 Å². The fraction of sp³-hybridized carbons (Fsp3) is 0.375. The second kappa shape index (κ2) is 2.64. The van der Waals surface area contributed by atoms with Crippen LogP contribution in [0.4, 0.5) is 0 Å². The molecule has 0 aromatic rings. The minimum absolute atomic E-state index is 0.428. The van der Waals surface area contributed by atoms with E-state index in [9.17, 15) is 4.79 Å². The van der Waals surface area contributed by atoms with Gasteiger partial charge in [-0.2, -0.15) is 0 Å². The van der Waals surface area contributed by atoms with Crippen molar-refractivity contribution in [2.24, 2.45) is 5.73 Å². The highest BCUT2D eigenvalue weighted by molar-refractivity contribution is 5.83. The Labute approximate surface area is 70.0 Å². The van der Waals surface area contributed by atoms with E-state index in [0.717, 1.165) is 24.1 Å². The van der Waals surface area contributed by atoms with E-state index in [2.05, 4.69) is 5.48 Å². The summed E-state index contributed by atoms with van der Waals surface area (Å²) >= 11 is 0.